The van der Waals surface area contributed by atoms with Crippen LogP contribution in [0.5, 0.6) is 0 Å². The highest BCUT2D eigenvalue weighted by Crippen LogP contribution is 2.55. The molecule has 0 saturated heterocycles. The normalized spacial score (nSPS) is 42.9. The Morgan fingerprint density at radius 2 is 2.05 bits per heavy atom. The Morgan fingerprint density at radius 3 is 2.74 bits per heavy atom. The summed E-state index contributed by atoms with van der Waals surface area (Å²) >= 11 is 0. The van der Waals surface area contributed by atoms with Gasteiger partial charge >= 0.3 is 5.97 Å². The van der Waals surface area contributed by atoms with Crippen LogP contribution < -0.4 is 0 Å². The van der Waals surface area contributed by atoms with Crippen LogP contribution in [0.15, 0.2) is 12.2 Å². The van der Waals surface area contributed by atoms with E-state index in [0.717, 1.165) is 32.1 Å². The Balaban J connectivity index is 2.07. The summed E-state index contributed by atoms with van der Waals surface area (Å²) in [4.78, 5) is 11.2. The molecule has 2 aliphatic carbocycles. The first kappa shape index (κ1) is 14.6. The standard InChI is InChI=1S/C16H26O3/c1-15-8-4-9-16(2,18)13(15)11-12(7-10-15)5-6-14(17)19-3/h5-6,12-13,18H,4,7-11H2,1-3H3/b6-5+/t12-,13-,15-,16-/m1/s1. The minimum absolute atomic E-state index is 0.275. The highest BCUT2D eigenvalue weighted by Gasteiger charge is 2.50. The molecular formula is C16H26O3. The van der Waals surface area contributed by atoms with Crippen LogP contribution in [0.1, 0.15) is 52.4 Å². The minimum Gasteiger partial charge on any atom is -0.466 e. The van der Waals surface area contributed by atoms with E-state index in [0.29, 0.717) is 11.8 Å². The third-order valence-corrected chi connectivity index (χ3v) is 5.35. The van der Waals surface area contributed by atoms with Gasteiger partial charge in [-0.3, -0.25) is 0 Å². The molecule has 4 atom stereocenters. The van der Waals surface area contributed by atoms with Crippen molar-refractivity contribution < 1.29 is 14.6 Å². The van der Waals surface area contributed by atoms with E-state index < -0.39 is 5.60 Å². The Hall–Kier alpha value is -0.830. The highest BCUT2D eigenvalue weighted by molar-refractivity contribution is 5.81. The number of esters is 1. The average molecular weight is 266 g/mol. The van der Waals surface area contributed by atoms with Crippen LogP contribution in [-0.2, 0) is 9.53 Å². The van der Waals surface area contributed by atoms with Gasteiger partial charge in [-0.2, -0.15) is 0 Å². The van der Waals surface area contributed by atoms with Gasteiger partial charge in [-0.05, 0) is 56.3 Å². The minimum atomic E-state index is -0.551. The second kappa shape index (κ2) is 5.28. The summed E-state index contributed by atoms with van der Waals surface area (Å²) in [5.41, 5.74) is -0.276. The monoisotopic (exact) mass is 266 g/mol. The first-order valence-corrected chi connectivity index (χ1v) is 7.36. The average Bonchev–Trinajstić information content (AvgIpc) is 2.36. The molecule has 2 fully saturated rings. The number of carbonyl (C=O) groups is 1. The van der Waals surface area contributed by atoms with Crippen molar-refractivity contribution in [3.05, 3.63) is 12.2 Å². The number of methoxy groups -OCH3 is 1. The van der Waals surface area contributed by atoms with Gasteiger partial charge in [0, 0.05) is 6.08 Å². The third kappa shape index (κ3) is 3.02. The molecule has 0 aliphatic heterocycles. The third-order valence-electron chi connectivity index (χ3n) is 5.35. The fourth-order valence-corrected chi connectivity index (χ4v) is 4.18. The molecule has 0 aromatic heterocycles. The maximum absolute atomic E-state index is 11.2. The first-order chi connectivity index (χ1) is 8.87. The Morgan fingerprint density at radius 1 is 1.32 bits per heavy atom. The van der Waals surface area contributed by atoms with E-state index in [1.165, 1.54) is 19.6 Å². The number of rotatable bonds is 2. The molecule has 108 valence electrons. The second-order valence-corrected chi connectivity index (χ2v) is 6.83. The van der Waals surface area contributed by atoms with Crippen molar-refractivity contribution in [2.45, 2.75) is 58.0 Å². The molecule has 0 amide bonds. The predicted octanol–water partition coefficient (Wildman–Crippen LogP) is 3.07. The van der Waals surface area contributed by atoms with Gasteiger partial charge in [-0.15, -0.1) is 0 Å². The lowest BCUT2D eigenvalue weighted by Gasteiger charge is -2.54. The number of allylic oxidation sites excluding steroid dienone is 1. The maximum atomic E-state index is 11.2. The summed E-state index contributed by atoms with van der Waals surface area (Å²) in [6.07, 6.45) is 9.99. The van der Waals surface area contributed by atoms with E-state index in [2.05, 4.69) is 11.7 Å². The molecule has 2 saturated carbocycles. The van der Waals surface area contributed by atoms with Gasteiger partial charge in [-0.1, -0.05) is 19.4 Å². The summed E-state index contributed by atoms with van der Waals surface area (Å²) in [7, 11) is 1.40. The zero-order valence-electron chi connectivity index (χ0n) is 12.3. The van der Waals surface area contributed by atoms with E-state index >= 15 is 0 Å². The van der Waals surface area contributed by atoms with E-state index in [9.17, 15) is 9.90 Å². The quantitative estimate of drug-likeness (QED) is 0.617. The van der Waals surface area contributed by atoms with Crippen LogP contribution >= 0.6 is 0 Å². The van der Waals surface area contributed by atoms with E-state index in [-0.39, 0.29) is 11.4 Å². The molecule has 3 heteroatoms. The molecule has 2 aliphatic rings. The second-order valence-electron chi connectivity index (χ2n) is 6.83. The molecule has 1 N–H and O–H groups in total. The van der Waals surface area contributed by atoms with Gasteiger partial charge in [0.25, 0.3) is 0 Å². The van der Waals surface area contributed by atoms with Gasteiger partial charge in [0.15, 0.2) is 0 Å². The van der Waals surface area contributed by atoms with Gasteiger partial charge in [-0.25, -0.2) is 4.79 Å². The Bertz CT molecular complexity index is 372. The molecule has 2 rings (SSSR count). The predicted molar refractivity (Wildman–Crippen MR) is 74.6 cm³/mol. The van der Waals surface area contributed by atoms with E-state index in [1.807, 2.05) is 13.0 Å². The number of fused-ring (bicyclic) bond motifs is 1. The zero-order chi connectivity index (χ0) is 14.1. The lowest BCUT2D eigenvalue weighted by atomic mass is 9.53. The van der Waals surface area contributed by atoms with Gasteiger partial charge in [0.05, 0.1) is 12.7 Å². The van der Waals surface area contributed by atoms with Crippen LogP contribution in [0.3, 0.4) is 0 Å². The number of aliphatic hydroxyl groups is 1. The van der Waals surface area contributed by atoms with Crippen molar-refractivity contribution in [1.29, 1.82) is 0 Å². The maximum Gasteiger partial charge on any atom is 0.330 e. The lowest BCUT2D eigenvalue weighted by Crippen LogP contribution is -2.51. The first-order valence-electron chi connectivity index (χ1n) is 7.36. The number of ether oxygens (including phenoxy) is 1. The summed E-state index contributed by atoms with van der Waals surface area (Å²) in [6.45, 7) is 4.31. The number of carbonyl (C=O) groups excluding carboxylic acids is 1. The fourth-order valence-electron chi connectivity index (χ4n) is 4.18. The molecule has 3 nitrogen and oxygen atoms in total. The van der Waals surface area contributed by atoms with Crippen LogP contribution in [0.25, 0.3) is 0 Å². The summed E-state index contributed by atoms with van der Waals surface area (Å²) < 4.78 is 4.63. The molecule has 0 unspecified atom stereocenters. The topological polar surface area (TPSA) is 46.5 Å². The van der Waals surface area contributed by atoms with E-state index in [1.54, 1.807) is 0 Å². The van der Waals surface area contributed by atoms with Gasteiger partial charge < -0.3 is 9.84 Å². The SMILES string of the molecule is COC(=O)/C=C/[C@@H]1CC[C@@]2(C)CCC[C@@](C)(O)[C@@H]2C1. The number of hydrogen-bond acceptors (Lipinski definition) is 3. The highest BCUT2D eigenvalue weighted by atomic mass is 16.5. The van der Waals surface area contributed by atoms with Crippen molar-refractivity contribution in [2.75, 3.05) is 7.11 Å². The van der Waals surface area contributed by atoms with Crippen LogP contribution in [0.4, 0.5) is 0 Å². The summed E-state index contributed by atoms with van der Waals surface area (Å²) in [5.74, 6) is 0.445. The zero-order valence-corrected chi connectivity index (χ0v) is 12.3. The molecular weight excluding hydrogens is 240 g/mol. The molecule has 19 heavy (non-hydrogen) atoms. The van der Waals surface area contributed by atoms with Crippen LogP contribution in [0, 0.1) is 17.3 Å². The molecule has 0 bridgehead atoms. The van der Waals surface area contributed by atoms with Crippen molar-refractivity contribution >= 4 is 5.97 Å². The van der Waals surface area contributed by atoms with Crippen LogP contribution in [0.2, 0.25) is 0 Å². The van der Waals surface area contributed by atoms with Gasteiger partial charge in [0.2, 0.25) is 0 Å². The Kier molecular flexibility index (Phi) is 4.05. The molecule has 0 heterocycles. The van der Waals surface area contributed by atoms with Crippen molar-refractivity contribution in [3.8, 4) is 0 Å². The van der Waals surface area contributed by atoms with Crippen molar-refractivity contribution in [2.24, 2.45) is 17.3 Å². The lowest BCUT2D eigenvalue weighted by molar-refractivity contribution is -0.134. The van der Waals surface area contributed by atoms with Crippen LogP contribution in [-0.4, -0.2) is 23.8 Å². The Labute approximate surface area is 116 Å². The smallest absolute Gasteiger partial charge is 0.330 e. The van der Waals surface area contributed by atoms with Crippen molar-refractivity contribution in [3.63, 3.8) is 0 Å². The number of hydrogen-bond donors (Lipinski definition) is 1. The summed E-state index contributed by atoms with van der Waals surface area (Å²) in [5, 5.41) is 10.7. The largest absolute Gasteiger partial charge is 0.466 e. The molecule has 0 spiro atoms. The van der Waals surface area contributed by atoms with Crippen molar-refractivity contribution in [1.82, 2.24) is 0 Å². The molecule has 0 aromatic rings. The molecule has 0 radical (unpaired) electrons. The van der Waals surface area contributed by atoms with Gasteiger partial charge in [0.1, 0.15) is 0 Å². The summed E-state index contributed by atoms with van der Waals surface area (Å²) in [6, 6.07) is 0. The molecule has 0 aromatic carbocycles. The fraction of sp³-hybridized carbons (Fsp3) is 0.812. The van der Waals surface area contributed by atoms with E-state index in [4.69, 9.17) is 0 Å².